The van der Waals surface area contributed by atoms with Crippen LogP contribution in [-0.4, -0.2) is 94.0 Å². The molecule has 1 fully saturated rings. The van der Waals surface area contributed by atoms with E-state index < -0.39 is 61.1 Å². The second-order valence-electron chi connectivity index (χ2n) is 9.93. The number of benzene rings is 2. The summed E-state index contributed by atoms with van der Waals surface area (Å²) < 4.78 is 40.5. The molecular weight excluding hydrogens is 545 g/mol. The van der Waals surface area contributed by atoms with E-state index in [1.54, 1.807) is 42.5 Å². The molecular formula is C28H29F3N4O6. The second kappa shape index (κ2) is 12.4. The van der Waals surface area contributed by atoms with Crippen LogP contribution in [0.1, 0.15) is 45.5 Å². The monoisotopic (exact) mass is 574 g/mol. The molecule has 0 aliphatic carbocycles. The highest BCUT2D eigenvalue weighted by atomic mass is 19.4. The first kappa shape index (κ1) is 29.6. The predicted molar refractivity (Wildman–Crippen MR) is 139 cm³/mol. The normalized spacial score (nSPS) is 17.4. The fraction of sp³-hybridized carbons (Fsp3) is 0.393. The van der Waals surface area contributed by atoms with E-state index in [1.807, 2.05) is 0 Å². The molecule has 13 heteroatoms. The van der Waals surface area contributed by atoms with Crippen molar-refractivity contribution < 1.29 is 42.3 Å². The largest absolute Gasteiger partial charge is 0.471 e. The Labute approximate surface area is 233 Å². The number of rotatable bonds is 10. The average molecular weight is 575 g/mol. The van der Waals surface area contributed by atoms with E-state index in [0.29, 0.717) is 23.3 Å². The van der Waals surface area contributed by atoms with Gasteiger partial charge in [0.2, 0.25) is 5.91 Å². The standard InChI is InChI=1S/C28H29F3N4O6/c29-28(30,31)26(39)33(13-7-15-35-23(36)20-11-4-5-12-21(20)24(35)37)17-19-10-6-14-34(19)25(38)22(32-27(40)41)16-18-8-2-1-3-9-18/h1-5,8-9,11-12,19,22,32H,6-7,10,13-17H2,(H,40,41). The SMILES string of the molecule is O=C(O)NC(Cc1ccccc1)C(=O)N1CCCC1CN(CCCN1C(=O)c2ccccc2C1=O)C(=O)C(F)(F)F. The summed E-state index contributed by atoms with van der Waals surface area (Å²) in [5, 5.41) is 11.5. The molecule has 1 saturated heterocycles. The van der Waals surface area contributed by atoms with Gasteiger partial charge in [0.15, 0.2) is 0 Å². The highest BCUT2D eigenvalue weighted by Crippen LogP contribution is 2.26. The zero-order valence-corrected chi connectivity index (χ0v) is 22.0. The van der Waals surface area contributed by atoms with E-state index in [-0.39, 0.29) is 37.1 Å². The summed E-state index contributed by atoms with van der Waals surface area (Å²) in [6.07, 6.45) is -5.88. The van der Waals surface area contributed by atoms with E-state index in [2.05, 4.69) is 5.32 Å². The van der Waals surface area contributed by atoms with Gasteiger partial charge in [0.25, 0.3) is 11.8 Å². The molecule has 218 valence electrons. The first-order valence-electron chi connectivity index (χ1n) is 13.1. The molecule has 5 amide bonds. The summed E-state index contributed by atoms with van der Waals surface area (Å²) in [4.78, 5) is 65.2. The van der Waals surface area contributed by atoms with Crippen LogP contribution in [0.15, 0.2) is 54.6 Å². The number of fused-ring (bicyclic) bond motifs is 1. The van der Waals surface area contributed by atoms with Crippen molar-refractivity contribution in [2.45, 2.75) is 43.9 Å². The van der Waals surface area contributed by atoms with Gasteiger partial charge in [-0.25, -0.2) is 4.79 Å². The Bertz CT molecular complexity index is 1280. The molecule has 2 atom stereocenters. The van der Waals surface area contributed by atoms with Gasteiger partial charge in [-0.3, -0.25) is 24.1 Å². The maximum atomic E-state index is 13.5. The molecule has 10 nitrogen and oxygen atoms in total. The smallest absolute Gasteiger partial charge is 0.465 e. The highest BCUT2D eigenvalue weighted by molar-refractivity contribution is 6.21. The van der Waals surface area contributed by atoms with Gasteiger partial charge in [0.05, 0.1) is 11.1 Å². The van der Waals surface area contributed by atoms with E-state index in [9.17, 15) is 42.3 Å². The number of hydrogen-bond donors (Lipinski definition) is 2. The number of nitrogens with zero attached hydrogens (tertiary/aromatic N) is 3. The first-order chi connectivity index (χ1) is 19.5. The molecule has 2 aromatic carbocycles. The topological polar surface area (TPSA) is 127 Å². The van der Waals surface area contributed by atoms with E-state index in [0.717, 1.165) is 4.90 Å². The van der Waals surface area contributed by atoms with Gasteiger partial charge in [-0.05, 0) is 37.0 Å². The average Bonchev–Trinajstić information content (AvgIpc) is 3.49. The molecule has 2 aliphatic heterocycles. The molecule has 0 aromatic heterocycles. The minimum atomic E-state index is -5.18. The Morgan fingerprint density at radius 3 is 2.20 bits per heavy atom. The maximum absolute atomic E-state index is 13.5. The van der Waals surface area contributed by atoms with Crippen molar-refractivity contribution in [2.75, 3.05) is 26.2 Å². The fourth-order valence-electron chi connectivity index (χ4n) is 5.29. The molecule has 2 unspecified atom stereocenters. The van der Waals surface area contributed by atoms with Crippen LogP contribution >= 0.6 is 0 Å². The number of alkyl halides is 3. The van der Waals surface area contributed by atoms with E-state index in [1.165, 1.54) is 17.0 Å². The highest BCUT2D eigenvalue weighted by Gasteiger charge is 2.44. The first-order valence-corrected chi connectivity index (χ1v) is 13.1. The quantitative estimate of drug-likeness (QED) is 0.420. The van der Waals surface area contributed by atoms with E-state index in [4.69, 9.17) is 0 Å². The third-order valence-corrected chi connectivity index (χ3v) is 7.19. The lowest BCUT2D eigenvalue weighted by Gasteiger charge is -2.33. The van der Waals surface area contributed by atoms with Gasteiger partial charge >= 0.3 is 18.2 Å². The zero-order valence-electron chi connectivity index (χ0n) is 22.0. The van der Waals surface area contributed by atoms with Crippen LogP contribution in [-0.2, 0) is 16.0 Å². The molecule has 2 heterocycles. The molecule has 0 radical (unpaired) electrons. The number of carbonyl (C=O) groups is 5. The Balaban J connectivity index is 1.45. The van der Waals surface area contributed by atoms with E-state index >= 15 is 0 Å². The molecule has 2 N–H and O–H groups in total. The molecule has 4 rings (SSSR count). The molecule has 0 spiro atoms. The number of carbonyl (C=O) groups excluding carboxylic acids is 4. The van der Waals surface area contributed by atoms with Crippen molar-refractivity contribution in [3.05, 3.63) is 71.3 Å². The Hall–Kier alpha value is -4.42. The van der Waals surface area contributed by atoms with Crippen molar-refractivity contribution >= 4 is 29.7 Å². The predicted octanol–water partition coefficient (Wildman–Crippen LogP) is 2.93. The van der Waals surface area contributed by atoms with Crippen molar-refractivity contribution in [2.24, 2.45) is 0 Å². The van der Waals surface area contributed by atoms with Crippen LogP contribution in [0.25, 0.3) is 0 Å². The number of nitrogens with one attached hydrogen (secondary N) is 1. The number of imide groups is 1. The minimum absolute atomic E-state index is 0.0423. The number of halogens is 3. The summed E-state index contributed by atoms with van der Waals surface area (Å²) in [5.41, 5.74) is 1.11. The minimum Gasteiger partial charge on any atom is -0.465 e. The van der Waals surface area contributed by atoms with Gasteiger partial charge in [0.1, 0.15) is 6.04 Å². The summed E-state index contributed by atoms with van der Waals surface area (Å²) >= 11 is 0. The fourth-order valence-corrected chi connectivity index (χ4v) is 5.29. The van der Waals surface area contributed by atoms with Crippen LogP contribution in [0.4, 0.5) is 18.0 Å². The van der Waals surface area contributed by atoms with Gasteiger partial charge in [-0.15, -0.1) is 0 Å². The number of carboxylic acid groups (broad SMARTS) is 1. The molecule has 2 aliphatic rings. The number of hydrogen-bond acceptors (Lipinski definition) is 5. The van der Waals surface area contributed by atoms with Gasteiger partial charge in [0, 0.05) is 38.6 Å². The Kier molecular flexibility index (Phi) is 8.94. The van der Waals surface area contributed by atoms with Crippen molar-refractivity contribution in [1.82, 2.24) is 20.0 Å². The zero-order chi connectivity index (χ0) is 29.7. The third-order valence-electron chi connectivity index (χ3n) is 7.19. The molecule has 41 heavy (non-hydrogen) atoms. The lowest BCUT2D eigenvalue weighted by Crippen LogP contribution is -2.54. The molecule has 2 aromatic rings. The lowest BCUT2D eigenvalue weighted by molar-refractivity contribution is -0.186. The summed E-state index contributed by atoms with van der Waals surface area (Å²) in [7, 11) is 0. The van der Waals surface area contributed by atoms with Gasteiger partial charge < -0.3 is 20.2 Å². The summed E-state index contributed by atoms with van der Waals surface area (Å²) in [6, 6.07) is 12.9. The van der Waals surface area contributed by atoms with Crippen LogP contribution in [0.3, 0.4) is 0 Å². The van der Waals surface area contributed by atoms with Gasteiger partial charge in [-0.2, -0.15) is 13.2 Å². The lowest BCUT2D eigenvalue weighted by atomic mass is 10.0. The molecule has 0 saturated carbocycles. The molecule has 0 bridgehead atoms. The van der Waals surface area contributed by atoms with Crippen molar-refractivity contribution in [1.29, 1.82) is 0 Å². The van der Waals surface area contributed by atoms with Gasteiger partial charge in [-0.1, -0.05) is 42.5 Å². The number of amides is 5. The van der Waals surface area contributed by atoms with Crippen molar-refractivity contribution in [3.63, 3.8) is 0 Å². The third kappa shape index (κ3) is 6.84. The van der Waals surface area contributed by atoms with Crippen LogP contribution in [0.5, 0.6) is 0 Å². The Morgan fingerprint density at radius 2 is 1.61 bits per heavy atom. The Morgan fingerprint density at radius 1 is 1.00 bits per heavy atom. The van der Waals surface area contributed by atoms with Crippen LogP contribution in [0, 0.1) is 0 Å². The van der Waals surface area contributed by atoms with Crippen LogP contribution < -0.4 is 5.32 Å². The number of likely N-dealkylation sites (tertiary alicyclic amines) is 1. The second-order valence-corrected chi connectivity index (χ2v) is 9.93. The van der Waals surface area contributed by atoms with Crippen LogP contribution in [0.2, 0.25) is 0 Å². The summed E-state index contributed by atoms with van der Waals surface area (Å²) in [6.45, 7) is -0.843. The van der Waals surface area contributed by atoms with Crippen molar-refractivity contribution in [3.8, 4) is 0 Å². The maximum Gasteiger partial charge on any atom is 0.471 e. The summed E-state index contributed by atoms with van der Waals surface area (Å²) in [5.74, 6) is -3.79.